The van der Waals surface area contributed by atoms with Crippen LogP contribution in [0.1, 0.15) is 25.7 Å². The highest BCUT2D eigenvalue weighted by atomic mass is 32.1. The predicted octanol–water partition coefficient (Wildman–Crippen LogP) is 3.78. The lowest BCUT2D eigenvalue weighted by Crippen LogP contribution is -2.22. The molecule has 0 radical (unpaired) electrons. The standard InChI is InChI=1S/C16H16N2OS/c1-10-7-14(20-11(10)2)9-18-16(19)13-4-3-12-5-6-17-15(12)8-13/h3-8,17H,9H2,1-2H3,(H,18,19). The van der Waals surface area contributed by atoms with E-state index < -0.39 is 0 Å². The number of hydrogen-bond acceptors (Lipinski definition) is 2. The van der Waals surface area contributed by atoms with E-state index in [2.05, 4.69) is 30.2 Å². The Bertz CT molecular complexity index is 750. The van der Waals surface area contributed by atoms with E-state index in [4.69, 9.17) is 0 Å². The van der Waals surface area contributed by atoms with Crippen molar-refractivity contribution in [2.24, 2.45) is 0 Å². The quantitative estimate of drug-likeness (QED) is 0.755. The van der Waals surface area contributed by atoms with E-state index in [1.54, 1.807) is 11.3 Å². The fraction of sp³-hybridized carbons (Fsp3) is 0.188. The van der Waals surface area contributed by atoms with Crippen LogP contribution in [0.25, 0.3) is 10.9 Å². The lowest BCUT2D eigenvalue weighted by molar-refractivity contribution is 0.0951. The first-order chi connectivity index (χ1) is 9.63. The van der Waals surface area contributed by atoms with Gasteiger partial charge in [0.25, 0.3) is 5.91 Å². The van der Waals surface area contributed by atoms with E-state index in [0.717, 1.165) is 10.9 Å². The van der Waals surface area contributed by atoms with Crippen molar-refractivity contribution >= 4 is 28.1 Å². The number of hydrogen-bond donors (Lipinski definition) is 2. The molecule has 3 aromatic rings. The molecule has 2 heterocycles. The molecule has 0 saturated heterocycles. The Morgan fingerprint density at radius 1 is 1.25 bits per heavy atom. The fourth-order valence-electron chi connectivity index (χ4n) is 2.20. The highest BCUT2D eigenvalue weighted by Gasteiger charge is 2.08. The van der Waals surface area contributed by atoms with Gasteiger partial charge >= 0.3 is 0 Å². The second kappa shape index (κ2) is 5.13. The smallest absolute Gasteiger partial charge is 0.251 e. The molecular weight excluding hydrogens is 268 g/mol. The molecule has 0 fully saturated rings. The van der Waals surface area contributed by atoms with Crippen molar-refractivity contribution in [2.45, 2.75) is 20.4 Å². The van der Waals surface area contributed by atoms with Crippen LogP contribution in [0.4, 0.5) is 0 Å². The van der Waals surface area contributed by atoms with Crippen molar-refractivity contribution in [1.29, 1.82) is 0 Å². The third kappa shape index (κ3) is 2.47. The number of H-pyrrole nitrogens is 1. The molecule has 0 aliphatic heterocycles. The summed E-state index contributed by atoms with van der Waals surface area (Å²) in [5.74, 6) is -0.0368. The van der Waals surface area contributed by atoms with Gasteiger partial charge in [-0.3, -0.25) is 4.79 Å². The maximum absolute atomic E-state index is 12.2. The number of rotatable bonds is 3. The number of carbonyl (C=O) groups is 1. The van der Waals surface area contributed by atoms with Crippen LogP contribution in [0.2, 0.25) is 0 Å². The highest BCUT2D eigenvalue weighted by molar-refractivity contribution is 7.12. The molecular formula is C16H16N2OS. The Kier molecular flexibility index (Phi) is 3.32. The number of aromatic nitrogens is 1. The lowest BCUT2D eigenvalue weighted by Gasteiger charge is -2.04. The van der Waals surface area contributed by atoms with E-state index in [-0.39, 0.29) is 5.91 Å². The number of aryl methyl sites for hydroxylation is 2. The van der Waals surface area contributed by atoms with Gasteiger partial charge in [0.15, 0.2) is 0 Å². The van der Waals surface area contributed by atoms with Gasteiger partial charge in [0.05, 0.1) is 6.54 Å². The van der Waals surface area contributed by atoms with Gasteiger partial charge in [0.1, 0.15) is 0 Å². The second-order valence-corrected chi connectivity index (χ2v) is 6.26. The SMILES string of the molecule is Cc1cc(CNC(=O)c2ccc3cc[nH]c3c2)sc1C. The average Bonchev–Trinajstić information content (AvgIpc) is 3.02. The zero-order valence-electron chi connectivity index (χ0n) is 11.5. The first-order valence-corrected chi connectivity index (χ1v) is 7.36. The third-order valence-corrected chi connectivity index (χ3v) is 4.61. The Morgan fingerprint density at radius 2 is 2.10 bits per heavy atom. The van der Waals surface area contributed by atoms with E-state index in [0.29, 0.717) is 12.1 Å². The number of fused-ring (bicyclic) bond motifs is 1. The normalized spacial score (nSPS) is 10.9. The van der Waals surface area contributed by atoms with Gasteiger partial charge in [-0.25, -0.2) is 0 Å². The summed E-state index contributed by atoms with van der Waals surface area (Å²) >= 11 is 1.73. The summed E-state index contributed by atoms with van der Waals surface area (Å²) in [5, 5.41) is 4.09. The van der Waals surface area contributed by atoms with Gasteiger partial charge in [-0.05, 0) is 49.1 Å². The topological polar surface area (TPSA) is 44.9 Å². The molecule has 0 aliphatic carbocycles. The van der Waals surface area contributed by atoms with Gasteiger partial charge in [0.2, 0.25) is 0 Å². The van der Waals surface area contributed by atoms with Crippen LogP contribution in [0.15, 0.2) is 36.5 Å². The van der Waals surface area contributed by atoms with E-state index in [1.165, 1.54) is 15.3 Å². The first-order valence-electron chi connectivity index (χ1n) is 6.55. The number of thiophene rings is 1. The molecule has 1 amide bonds. The molecule has 0 saturated carbocycles. The summed E-state index contributed by atoms with van der Waals surface area (Å²) in [6, 6.07) is 9.83. The molecule has 0 unspecified atom stereocenters. The van der Waals surface area contributed by atoms with Crippen LogP contribution in [-0.2, 0) is 6.54 Å². The monoisotopic (exact) mass is 284 g/mol. The number of amides is 1. The molecule has 3 nitrogen and oxygen atoms in total. The average molecular weight is 284 g/mol. The first kappa shape index (κ1) is 12.9. The van der Waals surface area contributed by atoms with Crippen LogP contribution < -0.4 is 5.32 Å². The third-order valence-electron chi connectivity index (χ3n) is 3.46. The molecule has 0 aliphatic rings. The minimum Gasteiger partial charge on any atom is -0.361 e. The summed E-state index contributed by atoms with van der Waals surface area (Å²) in [4.78, 5) is 17.8. The number of aromatic amines is 1. The molecule has 2 aromatic heterocycles. The van der Waals surface area contributed by atoms with Gasteiger partial charge < -0.3 is 10.3 Å². The second-order valence-electron chi connectivity index (χ2n) is 4.91. The number of nitrogens with one attached hydrogen (secondary N) is 2. The largest absolute Gasteiger partial charge is 0.361 e. The maximum atomic E-state index is 12.2. The van der Waals surface area contributed by atoms with Crippen molar-refractivity contribution in [3.8, 4) is 0 Å². The zero-order valence-corrected chi connectivity index (χ0v) is 12.3. The maximum Gasteiger partial charge on any atom is 0.251 e. The number of carbonyl (C=O) groups excluding carboxylic acids is 1. The minimum atomic E-state index is -0.0368. The molecule has 0 bridgehead atoms. The van der Waals surface area contributed by atoms with Gasteiger partial charge in [0, 0.05) is 27.0 Å². The van der Waals surface area contributed by atoms with Gasteiger partial charge in [-0.2, -0.15) is 0 Å². The molecule has 0 spiro atoms. The van der Waals surface area contributed by atoms with E-state index in [1.807, 2.05) is 30.5 Å². The van der Waals surface area contributed by atoms with Crippen LogP contribution in [0, 0.1) is 13.8 Å². The molecule has 3 rings (SSSR count). The fourth-order valence-corrected chi connectivity index (χ4v) is 3.19. The Morgan fingerprint density at radius 3 is 2.85 bits per heavy atom. The predicted molar refractivity (Wildman–Crippen MR) is 83.3 cm³/mol. The lowest BCUT2D eigenvalue weighted by atomic mass is 10.1. The minimum absolute atomic E-state index is 0.0368. The summed E-state index contributed by atoms with van der Waals surface area (Å²) in [6.45, 7) is 4.78. The molecule has 0 atom stereocenters. The van der Waals surface area contributed by atoms with Crippen LogP contribution in [0.3, 0.4) is 0 Å². The van der Waals surface area contributed by atoms with Crippen LogP contribution in [-0.4, -0.2) is 10.9 Å². The summed E-state index contributed by atoms with van der Waals surface area (Å²) in [6.07, 6.45) is 1.88. The molecule has 1 aromatic carbocycles. The summed E-state index contributed by atoms with van der Waals surface area (Å²) < 4.78 is 0. The van der Waals surface area contributed by atoms with Gasteiger partial charge in [-0.15, -0.1) is 11.3 Å². The van der Waals surface area contributed by atoms with Crippen LogP contribution >= 0.6 is 11.3 Å². The van der Waals surface area contributed by atoms with Crippen LogP contribution in [0.5, 0.6) is 0 Å². The van der Waals surface area contributed by atoms with Crippen molar-refractivity contribution in [1.82, 2.24) is 10.3 Å². The molecule has 102 valence electrons. The zero-order chi connectivity index (χ0) is 14.1. The Labute approximate surface area is 121 Å². The summed E-state index contributed by atoms with van der Waals surface area (Å²) in [5.41, 5.74) is 2.96. The van der Waals surface area contributed by atoms with E-state index in [9.17, 15) is 4.79 Å². The number of benzene rings is 1. The molecule has 2 N–H and O–H groups in total. The van der Waals surface area contributed by atoms with E-state index >= 15 is 0 Å². The molecule has 4 heteroatoms. The Balaban J connectivity index is 1.72. The van der Waals surface area contributed by atoms with Crippen molar-refractivity contribution in [2.75, 3.05) is 0 Å². The highest BCUT2D eigenvalue weighted by Crippen LogP contribution is 2.20. The summed E-state index contributed by atoms with van der Waals surface area (Å²) in [7, 11) is 0. The van der Waals surface area contributed by atoms with Crippen molar-refractivity contribution < 1.29 is 4.79 Å². The van der Waals surface area contributed by atoms with Crippen molar-refractivity contribution in [3.05, 3.63) is 57.4 Å². The van der Waals surface area contributed by atoms with Crippen molar-refractivity contribution in [3.63, 3.8) is 0 Å². The Hall–Kier alpha value is -2.07. The van der Waals surface area contributed by atoms with Gasteiger partial charge in [-0.1, -0.05) is 6.07 Å². The molecule has 20 heavy (non-hydrogen) atoms.